The Bertz CT molecular complexity index is 659. The molecule has 0 radical (unpaired) electrons. The van der Waals surface area contributed by atoms with Gasteiger partial charge >= 0.3 is 5.97 Å². The molecule has 0 atom stereocenters. The molecule has 1 heterocycles. The van der Waals surface area contributed by atoms with E-state index >= 15 is 0 Å². The number of benzene rings is 1. The molecule has 2 aromatic rings. The molecule has 2 N–H and O–H groups in total. The fourth-order valence-corrected chi connectivity index (χ4v) is 2.41. The molecule has 0 aliphatic carbocycles. The molecule has 0 unspecified atom stereocenters. The summed E-state index contributed by atoms with van der Waals surface area (Å²) in [5.74, 6) is -0.397. The van der Waals surface area contributed by atoms with Crippen molar-refractivity contribution in [1.82, 2.24) is 9.78 Å². The maximum absolute atomic E-state index is 11.5. The molecule has 0 aliphatic rings. The van der Waals surface area contributed by atoms with Crippen LogP contribution in [-0.2, 0) is 11.2 Å². The van der Waals surface area contributed by atoms with E-state index in [1.54, 1.807) is 18.2 Å². The number of carbonyl (C=O) groups is 1. The third-order valence-electron chi connectivity index (χ3n) is 3.47. The van der Waals surface area contributed by atoms with Gasteiger partial charge in [-0.3, -0.25) is 0 Å². The van der Waals surface area contributed by atoms with Crippen LogP contribution in [0.4, 0.5) is 5.69 Å². The molecular formula is C15H19N3O2. The first-order valence-corrected chi connectivity index (χ1v) is 6.52. The van der Waals surface area contributed by atoms with Gasteiger partial charge in [0.1, 0.15) is 0 Å². The normalized spacial score (nSPS) is 10.6. The Labute approximate surface area is 118 Å². The van der Waals surface area contributed by atoms with E-state index < -0.39 is 5.97 Å². The van der Waals surface area contributed by atoms with Crippen molar-refractivity contribution < 1.29 is 9.53 Å². The average Bonchev–Trinajstić information content (AvgIpc) is 2.72. The number of esters is 1. The number of aromatic nitrogens is 2. The molecule has 0 spiro atoms. The smallest absolute Gasteiger partial charge is 0.337 e. The SMILES string of the molecule is CCc1c(C)nn(-c2ccc(C(=O)OC)cc2N)c1C. The number of hydrogen-bond acceptors (Lipinski definition) is 4. The predicted molar refractivity (Wildman–Crippen MR) is 78.2 cm³/mol. The van der Waals surface area contributed by atoms with E-state index in [-0.39, 0.29) is 0 Å². The van der Waals surface area contributed by atoms with Crippen LogP contribution in [0.5, 0.6) is 0 Å². The molecule has 106 valence electrons. The van der Waals surface area contributed by atoms with Gasteiger partial charge in [0.2, 0.25) is 0 Å². The van der Waals surface area contributed by atoms with Gasteiger partial charge in [0.25, 0.3) is 0 Å². The topological polar surface area (TPSA) is 70.1 Å². The summed E-state index contributed by atoms with van der Waals surface area (Å²) in [7, 11) is 1.35. The van der Waals surface area contributed by atoms with Crippen molar-refractivity contribution in [1.29, 1.82) is 0 Å². The molecule has 0 saturated heterocycles. The number of anilines is 1. The van der Waals surface area contributed by atoms with E-state index in [1.807, 2.05) is 18.5 Å². The number of nitrogens with zero attached hydrogens (tertiary/aromatic N) is 2. The van der Waals surface area contributed by atoms with E-state index in [1.165, 1.54) is 12.7 Å². The van der Waals surface area contributed by atoms with Crippen LogP contribution in [-0.4, -0.2) is 22.9 Å². The highest BCUT2D eigenvalue weighted by Crippen LogP contribution is 2.23. The molecule has 0 bridgehead atoms. The zero-order valence-electron chi connectivity index (χ0n) is 12.2. The van der Waals surface area contributed by atoms with Gasteiger partial charge in [-0.1, -0.05) is 6.92 Å². The van der Waals surface area contributed by atoms with E-state index in [0.29, 0.717) is 11.3 Å². The van der Waals surface area contributed by atoms with Crippen molar-refractivity contribution in [2.24, 2.45) is 0 Å². The summed E-state index contributed by atoms with van der Waals surface area (Å²) < 4.78 is 6.51. The zero-order chi connectivity index (χ0) is 14.9. The molecule has 0 amide bonds. The fraction of sp³-hybridized carbons (Fsp3) is 0.333. The lowest BCUT2D eigenvalue weighted by atomic mass is 10.1. The second-order valence-electron chi connectivity index (χ2n) is 4.68. The third-order valence-corrected chi connectivity index (χ3v) is 3.47. The Morgan fingerprint density at radius 1 is 1.40 bits per heavy atom. The molecular weight excluding hydrogens is 254 g/mol. The summed E-state index contributed by atoms with van der Waals surface area (Å²) >= 11 is 0. The maximum Gasteiger partial charge on any atom is 0.337 e. The minimum Gasteiger partial charge on any atom is -0.465 e. The van der Waals surface area contributed by atoms with Gasteiger partial charge in [-0.2, -0.15) is 5.10 Å². The lowest BCUT2D eigenvalue weighted by Crippen LogP contribution is -2.07. The van der Waals surface area contributed by atoms with E-state index in [0.717, 1.165) is 23.5 Å². The molecule has 20 heavy (non-hydrogen) atoms. The minimum absolute atomic E-state index is 0.397. The number of methoxy groups -OCH3 is 1. The van der Waals surface area contributed by atoms with E-state index in [4.69, 9.17) is 5.73 Å². The van der Waals surface area contributed by atoms with Crippen LogP contribution in [0.25, 0.3) is 5.69 Å². The number of aryl methyl sites for hydroxylation is 1. The van der Waals surface area contributed by atoms with Gasteiger partial charge in [0.05, 0.1) is 29.7 Å². The van der Waals surface area contributed by atoms with Gasteiger partial charge in [-0.05, 0) is 44.0 Å². The third kappa shape index (κ3) is 2.27. The number of rotatable bonds is 3. The van der Waals surface area contributed by atoms with Crippen LogP contribution < -0.4 is 5.73 Å². The summed E-state index contributed by atoms with van der Waals surface area (Å²) in [6.07, 6.45) is 0.928. The number of nitrogen functional groups attached to an aromatic ring is 1. The first-order valence-electron chi connectivity index (χ1n) is 6.52. The quantitative estimate of drug-likeness (QED) is 0.688. The van der Waals surface area contributed by atoms with Crippen molar-refractivity contribution >= 4 is 11.7 Å². The molecule has 0 aliphatic heterocycles. The molecule has 1 aromatic heterocycles. The highest BCUT2D eigenvalue weighted by atomic mass is 16.5. The minimum atomic E-state index is -0.397. The molecule has 5 nitrogen and oxygen atoms in total. The number of carbonyl (C=O) groups excluding carboxylic acids is 1. The van der Waals surface area contributed by atoms with Crippen LogP contribution in [0.15, 0.2) is 18.2 Å². The summed E-state index contributed by atoms with van der Waals surface area (Å²) in [6, 6.07) is 5.10. The first-order chi connectivity index (χ1) is 9.49. The van der Waals surface area contributed by atoms with Gasteiger partial charge in [0, 0.05) is 5.69 Å². The first kappa shape index (κ1) is 14.1. The molecule has 1 aromatic carbocycles. The number of nitrogens with two attached hydrogens (primary N) is 1. The van der Waals surface area contributed by atoms with Gasteiger partial charge in [-0.25, -0.2) is 9.48 Å². The van der Waals surface area contributed by atoms with Crippen molar-refractivity contribution in [3.63, 3.8) is 0 Å². The fourth-order valence-electron chi connectivity index (χ4n) is 2.41. The van der Waals surface area contributed by atoms with Gasteiger partial charge in [0.15, 0.2) is 0 Å². The Kier molecular flexibility index (Phi) is 3.79. The Morgan fingerprint density at radius 2 is 2.10 bits per heavy atom. The van der Waals surface area contributed by atoms with E-state index in [9.17, 15) is 4.79 Å². The van der Waals surface area contributed by atoms with E-state index in [2.05, 4.69) is 16.8 Å². The second kappa shape index (κ2) is 5.36. The summed E-state index contributed by atoms with van der Waals surface area (Å²) in [4.78, 5) is 11.5. The van der Waals surface area contributed by atoms with Gasteiger partial charge < -0.3 is 10.5 Å². The summed E-state index contributed by atoms with van der Waals surface area (Å²) in [6.45, 7) is 6.11. The monoisotopic (exact) mass is 273 g/mol. The van der Waals surface area contributed by atoms with Gasteiger partial charge in [-0.15, -0.1) is 0 Å². The Balaban J connectivity index is 2.51. The van der Waals surface area contributed by atoms with Crippen LogP contribution in [0.1, 0.15) is 34.2 Å². The largest absolute Gasteiger partial charge is 0.465 e. The second-order valence-corrected chi connectivity index (χ2v) is 4.68. The molecule has 2 rings (SSSR count). The van der Waals surface area contributed by atoms with Crippen molar-refractivity contribution in [3.8, 4) is 5.69 Å². The number of hydrogen-bond donors (Lipinski definition) is 1. The highest BCUT2D eigenvalue weighted by Gasteiger charge is 2.14. The van der Waals surface area contributed by atoms with Crippen molar-refractivity contribution in [2.75, 3.05) is 12.8 Å². The lowest BCUT2D eigenvalue weighted by Gasteiger charge is -2.09. The van der Waals surface area contributed by atoms with Crippen molar-refractivity contribution in [3.05, 3.63) is 40.7 Å². The summed E-state index contributed by atoms with van der Waals surface area (Å²) in [5.41, 5.74) is 11.1. The Hall–Kier alpha value is -2.30. The predicted octanol–water partition coefficient (Wildman–Crippen LogP) is 2.42. The van der Waals surface area contributed by atoms with Crippen LogP contribution in [0, 0.1) is 13.8 Å². The van der Waals surface area contributed by atoms with Crippen LogP contribution in [0.3, 0.4) is 0 Å². The number of ether oxygens (including phenoxy) is 1. The highest BCUT2D eigenvalue weighted by molar-refractivity contribution is 5.91. The van der Waals surface area contributed by atoms with Crippen LogP contribution in [0.2, 0.25) is 0 Å². The molecule has 0 saturated carbocycles. The summed E-state index contributed by atoms with van der Waals surface area (Å²) in [5, 5.41) is 4.53. The standard InChI is InChI=1S/C15H19N3O2/c1-5-12-9(2)17-18(10(12)3)14-7-6-11(8-13(14)16)15(19)20-4/h6-8H,5,16H2,1-4H3. The molecule has 0 fully saturated rings. The Morgan fingerprint density at radius 3 is 2.60 bits per heavy atom. The van der Waals surface area contributed by atoms with Crippen molar-refractivity contribution in [2.45, 2.75) is 27.2 Å². The molecule has 5 heteroatoms. The average molecular weight is 273 g/mol. The lowest BCUT2D eigenvalue weighted by molar-refractivity contribution is 0.0601. The zero-order valence-corrected chi connectivity index (χ0v) is 12.2. The van der Waals surface area contributed by atoms with Crippen LogP contribution >= 0.6 is 0 Å². The maximum atomic E-state index is 11.5.